The molecule has 6 N–H and O–H groups in total. The first kappa shape index (κ1) is 34.5. The van der Waals surface area contributed by atoms with Crippen LogP contribution in [0.2, 0.25) is 0 Å². The van der Waals surface area contributed by atoms with Crippen LogP contribution in [0, 0.1) is 12.8 Å². The topological polar surface area (TPSA) is 216 Å². The summed E-state index contributed by atoms with van der Waals surface area (Å²) in [5.41, 5.74) is 1.09. The molecule has 1 heterocycles. The van der Waals surface area contributed by atoms with Gasteiger partial charge in [0, 0.05) is 11.1 Å². The SMILES string of the molecule is CCCCC[C@@H](C(=O)NCNC(=O)c1ccc(-c2cc(C)cc(C(=O)N[C@@H](CC(=O)O)C(=O)O)c2)o1)[C@@H](CC)N(O)C=O. The van der Waals surface area contributed by atoms with Gasteiger partial charge in [-0.05, 0) is 55.7 Å². The van der Waals surface area contributed by atoms with Crippen molar-refractivity contribution in [2.45, 2.75) is 71.4 Å². The smallest absolute Gasteiger partial charge is 0.326 e. The summed E-state index contributed by atoms with van der Waals surface area (Å²) < 4.78 is 5.66. The van der Waals surface area contributed by atoms with E-state index in [1.807, 2.05) is 6.92 Å². The number of amides is 4. The number of carboxylic acids is 2. The molecule has 2 aromatic rings. The number of nitrogens with one attached hydrogen (secondary N) is 3. The molecule has 14 heteroatoms. The fourth-order valence-corrected chi connectivity index (χ4v) is 4.56. The average molecular weight is 603 g/mol. The van der Waals surface area contributed by atoms with Gasteiger partial charge in [-0.15, -0.1) is 0 Å². The molecule has 0 aliphatic heterocycles. The summed E-state index contributed by atoms with van der Waals surface area (Å²) in [7, 11) is 0. The maximum Gasteiger partial charge on any atom is 0.326 e. The summed E-state index contributed by atoms with van der Waals surface area (Å²) >= 11 is 0. The Kier molecular flexibility index (Phi) is 13.4. The van der Waals surface area contributed by atoms with Gasteiger partial charge in [-0.1, -0.05) is 33.1 Å². The monoisotopic (exact) mass is 602 g/mol. The number of furan rings is 1. The predicted molar refractivity (Wildman–Crippen MR) is 152 cm³/mol. The van der Waals surface area contributed by atoms with Crippen LogP contribution < -0.4 is 16.0 Å². The molecule has 4 amide bonds. The zero-order chi connectivity index (χ0) is 32.1. The molecule has 0 unspecified atom stereocenters. The molecule has 0 saturated heterocycles. The van der Waals surface area contributed by atoms with Crippen LogP contribution in [0.4, 0.5) is 0 Å². The highest BCUT2D eigenvalue weighted by molar-refractivity contribution is 5.98. The van der Waals surface area contributed by atoms with Crippen LogP contribution in [0.25, 0.3) is 11.3 Å². The van der Waals surface area contributed by atoms with Crippen LogP contribution in [0.15, 0.2) is 34.7 Å². The number of hydroxylamine groups is 2. The molecule has 234 valence electrons. The van der Waals surface area contributed by atoms with Gasteiger partial charge in [0.2, 0.25) is 12.3 Å². The lowest BCUT2D eigenvalue weighted by molar-refractivity contribution is -0.168. The highest BCUT2D eigenvalue weighted by atomic mass is 16.5. The molecule has 0 radical (unpaired) electrons. The minimum atomic E-state index is -1.62. The van der Waals surface area contributed by atoms with Crippen LogP contribution in [-0.2, 0) is 19.2 Å². The Morgan fingerprint density at radius 3 is 2.33 bits per heavy atom. The van der Waals surface area contributed by atoms with E-state index in [2.05, 4.69) is 16.0 Å². The maximum absolute atomic E-state index is 12.9. The van der Waals surface area contributed by atoms with Crippen molar-refractivity contribution in [3.8, 4) is 11.3 Å². The van der Waals surface area contributed by atoms with E-state index in [4.69, 9.17) is 9.52 Å². The van der Waals surface area contributed by atoms with Gasteiger partial charge in [-0.2, -0.15) is 0 Å². The van der Waals surface area contributed by atoms with Gasteiger partial charge >= 0.3 is 11.9 Å². The molecule has 0 fully saturated rings. The van der Waals surface area contributed by atoms with Crippen molar-refractivity contribution in [2.24, 2.45) is 5.92 Å². The van der Waals surface area contributed by atoms with Gasteiger partial charge in [0.05, 0.1) is 25.0 Å². The lowest BCUT2D eigenvalue weighted by Gasteiger charge is -2.29. The minimum Gasteiger partial charge on any atom is -0.481 e. The lowest BCUT2D eigenvalue weighted by Crippen LogP contribution is -2.47. The molecule has 0 spiro atoms. The summed E-state index contributed by atoms with van der Waals surface area (Å²) in [6.07, 6.45) is 2.80. The third-order valence-electron chi connectivity index (χ3n) is 6.73. The van der Waals surface area contributed by atoms with Crippen molar-refractivity contribution in [1.29, 1.82) is 0 Å². The first-order valence-corrected chi connectivity index (χ1v) is 13.9. The van der Waals surface area contributed by atoms with Crippen LogP contribution >= 0.6 is 0 Å². The minimum absolute atomic E-state index is 0.0617. The molecular weight excluding hydrogens is 564 g/mol. The number of hydrogen-bond donors (Lipinski definition) is 6. The maximum atomic E-state index is 12.9. The van der Waals surface area contributed by atoms with Gasteiger partial charge in [0.15, 0.2) is 5.76 Å². The zero-order valence-corrected chi connectivity index (χ0v) is 24.3. The van der Waals surface area contributed by atoms with E-state index in [1.165, 1.54) is 24.3 Å². The van der Waals surface area contributed by atoms with Gasteiger partial charge < -0.3 is 30.6 Å². The van der Waals surface area contributed by atoms with Gasteiger partial charge in [-0.3, -0.25) is 29.2 Å². The van der Waals surface area contributed by atoms with E-state index in [1.54, 1.807) is 19.9 Å². The Labute approximate surface area is 248 Å². The first-order valence-electron chi connectivity index (χ1n) is 13.9. The number of carbonyl (C=O) groups is 6. The Morgan fingerprint density at radius 2 is 1.72 bits per heavy atom. The van der Waals surface area contributed by atoms with Crippen molar-refractivity contribution in [2.75, 3.05) is 6.67 Å². The molecule has 0 aliphatic rings. The molecule has 14 nitrogen and oxygen atoms in total. The number of unbranched alkanes of at least 4 members (excludes halogenated alkanes) is 2. The highest BCUT2D eigenvalue weighted by Gasteiger charge is 2.30. The van der Waals surface area contributed by atoms with Crippen molar-refractivity contribution in [3.05, 3.63) is 47.2 Å². The molecule has 0 bridgehead atoms. The van der Waals surface area contributed by atoms with Crippen LogP contribution in [0.3, 0.4) is 0 Å². The normalized spacial score (nSPS) is 12.8. The number of aliphatic carboxylic acids is 2. The second-order valence-corrected chi connectivity index (χ2v) is 10.0. The molecule has 1 aromatic heterocycles. The van der Waals surface area contributed by atoms with E-state index in [0.29, 0.717) is 29.0 Å². The summed E-state index contributed by atoms with van der Waals surface area (Å²) in [5.74, 6) is -5.27. The predicted octanol–water partition coefficient (Wildman–Crippen LogP) is 2.54. The van der Waals surface area contributed by atoms with Gasteiger partial charge in [-0.25, -0.2) is 9.86 Å². The second kappa shape index (κ2) is 16.7. The number of aryl methyl sites for hydroxylation is 1. The van der Waals surface area contributed by atoms with Crippen molar-refractivity contribution < 1.29 is 48.6 Å². The number of benzene rings is 1. The Hall–Kier alpha value is -4.72. The fourth-order valence-electron chi connectivity index (χ4n) is 4.56. The fraction of sp³-hybridized carbons (Fsp3) is 0.448. The van der Waals surface area contributed by atoms with Crippen LogP contribution in [0.1, 0.15) is 78.8 Å². The number of hydrogen-bond acceptors (Lipinski definition) is 8. The first-order chi connectivity index (χ1) is 20.4. The lowest BCUT2D eigenvalue weighted by atomic mass is 9.90. The van der Waals surface area contributed by atoms with Crippen LogP contribution in [-0.4, -0.2) is 75.3 Å². The largest absolute Gasteiger partial charge is 0.481 e. The van der Waals surface area contributed by atoms with Gasteiger partial charge in [0.1, 0.15) is 11.8 Å². The third-order valence-corrected chi connectivity index (χ3v) is 6.73. The summed E-state index contributed by atoms with van der Waals surface area (Å²) in [4.78, 5) is 71.6. The summed E-state index contributed by atoms with van der Waals surface area (Å²) in [6, 6.07) is 5.13. The van der Waals surface area contributed by atoms with Gasteiger partial charge in [0.25, 0.3) is 11.8 Å². The molecule has 0 saturated carbocycles. The summed E-state index contributed by atoms with van der Waals surface area (Å²) in [5, 5.41) is 35.9. The molecular formula is C29H38N4O10. The summed E-state index contributed by atoms with van der Waals surface area (Å²) in [6.45, 7) is 5.22. The average Bonchev–Trinajstić information content (AvgIpc) is 3.46. The quantitative estimate of drug-likeness (QED) is 0.0482. The van der Waals surface area contributed by atoms with Crippen LogP contribution in [0.5, 0.6) is 0 Å². The third kappa shape index (κ3) is 10.3. The van der Waals surface area contributed by atoms with E-state index in [0.717, 1.165) is 19.3 Å². The molecule has 43 heavy (non-hydrogen) atoms. The molecule has 2 rings (SSSR count). The zero-order valence-electron chi connectivity index (χ0n) is 24.3. The molecule has 1 aromatic carbocycles. The molecule has 0 aliphatic carbocycles. The van der Waals surface area contributed by atoms with Crippen molar-refractivity contribution in [1.82, 2.24) is 21.0 Å². The Balaban J connectivity index is 2.09. The Bertz CT molecular complexity index is 1310. The van der Waals surface area contributed by atoms with Crippen molar-refractivity contribution >= 4 is 36.1 Å². The standard InChI is InChI=1S/C29H38N4O10/c1-4-6-7-8-20(22(5-2)33(42)16-34)27(38)30-15-31-28(39)24-10-9-23(43-24)18-11-17(3)12-19(13-18)26(37)32-21(29(40)41)14-25(35)36/h9-13,16,20-22,42H,4-8,14-15H2,1-3H3,(H,30,38)(H,31,39)(H,32,37)(H,35,36)(H,40,41)/t20-,21+,22-/m1/s1. The number of carboxylic acid groups (broad SMARTS) is 2. The highest BCUT2D eigenvalue weighted by Crippen LogP contribution is 2.25. The van der Waals surface area contributed by atoms with Crippen molar-refractivity contribution in [3.63, 3.8) is 0 Å². The number of rotatable bonds is 18. The van der Waals surface area contributed by atoms with E-state index in [9.17, 15) is 39.1 Å². The van der Waals surface area contributed by atoms with E-state index in [-0.39, 0.29) is 30.2 Å². The number of nitrogens with zero attached hydrogens (tertiary/aromatic N) is 1. The Morgan fingerprint density at radius 1 is 1.00 bits per heavy atom. The molecule has 3 atom stereocenters. The number of carbonyl (C=O) groups excluding carboxylic acids is 4. The van der Waals surface area contributed by atoms with E-state index >= 15 is 0 Å². The van der Waals surface area contributed by atoms with E-state index < -0.39 is 54.1 Å². The second-order valence-electron chi connectivity index (χ2n) is 10.0.